The molecule has 5 rings (SSSR count). The van der Waals surface area contributed by atoms with Gasteiger partial charge in [-0.25, -0.2) is 0 Å². The van der Waals surface area contributed by atoms with Gasteiger partial charge in [-0.05, 0) is 63.5 Å². The summed E-state index contributed by atoms with van der Waals surface area (Å²) in [5, 5.41) is 0. The second-order valence-corrected chi connectivity index (χ2v) is 8.61. The minimum Gasteiger partial charge on any atom is -0.370 e. The van der Waals surface area contributed by atoms with Crippen LogP contribution in [-0.4, -0.2) is 52.4 Å². The smallest absolute Gasteiger partial charge is 0.0626 e. The molecule has 0 aliphatic carbocycles. The molecule has 0 radical (unpaired) electrons. The van der Waals surface area contributed by atoms with E-state index in [1.807, 2.05) is 0 Å². The number of nitrogens with zero attached hydrogens (tertiary/aromatic N) is 4. The molecular formula is C22H34N4. The molecule has 0 spiro atoms. The summed E-state index contributed by atoms with van der Waals surface area (Å²) in [5.74, 6) is 0. The highest BCUT2D eigenvalue weighted by atomic mass is 15.2. The Morgan fingerprint density at radius 1 is 0.346 bits per heavy atom. The highest BCUT2D eigenvalue weighted by Gasteiger charge is 2.28. The molecule has 4 aliphatic heterocycles. The van der Waals surface area contributed by atoms with Crippen molar-refractivity contribution in [2.45, 2.75) is 51.4 Å². The van der Waals surface area contributed by atoms with Gasteiger partial charge in [0.1, 0.15) is 0 Å². The summed E-state index contributed by atoms with van der Waals surface area (Å²) < 4.78 is 0. The van der Waals surface area contributed by atoms with Crippen molar-refractivity contribution in [1.29, 1.82) is 0 Å². The Bertz CT molecular complexity index is 513. The molecule has 0 bridgehead atoms. The number of hydrogen-bond donors (Lipinski definition) is 0. The standard InChI is InChI=1S/C22H34N4/c1-2-10-23(9-1)19-17-21(25-13-5-6-14-25)22(26-15-7-8-16-26)18-20(19)24-11-3-4-12-24/h17-18H,1-16H2. The molecule has 0 atom stereocenters. The van der Waals surface area contributed by atoms with Gasteiger partial charge in [-0.3, -0.25) is 0 Å². The zero-order valence-electron chi connectivity index (χ0n) is 16.3. The van der Waals surface area contributed by atoms with Gasteiger partial charge in [-0.1, -0.05) is 0 Å². The topological polar surface area (TPSA) is 13.0 Å². The molecule has 4 nitrogen and oxygen atoms in total. The van der Waals surface area contributed by atoms with Gasteiger partial charge in [-0.2, -0.15) is 0 Å². The maximum atomic E-state index is 2.67. The van der Waals surface area contributed by atoms with Crippen molar-refractivity contribution < 1.29 is 0 Å². The Morgan fingerprint density at radius 2 is 0.538 bits per heavy atom. The highest BCUT2D eigenvalue weighted by molar-refractivity contribution is 5.86. The molecule has 4 heteroatoms. The minimum atomic E-state index is 1.24. The lowest BCUT2D eigenvalue weighted by Crippen LogP contribution is -2.28. The molecule has 0 aromatic heterocycles. The fourth-order valence-electron chi connectivity index (χ4n) is 5.40. The monoisotopic (exact) mass is 354 g/mol. The van der Waals surface area contributed by atoms with E-state index in [0.29, 0.717) is 0 Å². The van der Waals surface area contributed by atoms with Gasteiger partial charge in [0.15, 0.2) is 0 Å². The van der Waals surface area contributed by atoms with Crippen LogP contribution in [0, 0.1) is 0 Å². The van der Waals surface area contributed by atoms with Crippen LogP contribution >= 0.6 is 0 Å². The molecule has 4 fully saturated rings. The van der Waals surface area contributed by atoms with Crippen LogP contribution in [-0.2, 0) is 0 Å². The van der Waals surface area contributed by atoms with Crippen molar-refractivity contribution in [3.8, 4) is 0 Å². The van der Waals surface area contributed by atoms with Gasteiger partial charge < -0.3 is 19.6 Å². The first-order valence-corrected chi connectivity index (χ1v) is 11.1. The third-order valence-electron chi connectivity index (χ3n) is 6.86. The number of rotatable bonds is 4. The van der Waals surface area contributed by atoms with E-state index < -0.39 is 0 Å². The third-order valence-corrected chi connectivity index (χ3v) is 6.86. The maximum Gasteiger partial charge on any atom is 0.0626 e. The van der Waals surface area contributed by atoms with Crippen LogP contribution in [0.15, 0.2) is 12.1 Å². The van der Waals surface area contributed by atoms with Crippen LogP contribution in [0.25, 0.3) is 0 Å². The second kappa shape index (κ2) is 7.21. The highest BCUT2D eigenvalue weighted by Crippen LogP contribution is 2.44. The zero-order chi connectivity index (χ0) is 17.3. The molecule has 1 aromatic carbocycles. The Labute approximate surface area is 158 Å². The van der Waals surface area contributed by atoms with Gasteiger partial charge >= 0.3 is 0 Å². The number of hydrogen-bond acceptors (Lipinski definition) is 4. The molecule has 1 aromatic rings. The summed E-state index contributed by atoms with van der Waals surface area (Å²) in [4.78, 5) is 10.7. The molecule has 0 saturated carbocycles. The van der Waals surface area contributed by atoms with Crippen molar-refractivity contribution in [1.82, 2.24) is 0 Å². The summed E-state index contributed by atoms with van der Waals surface area (Å²) in [6.07, 6.45) is 10.8. The van der Waals surface area contributed by atoms with Crippen LogP contribution in [0.2, 0.25) is 0 Å². The number of benzene rings is 1. The van der Waals surface area contributed by atoms with Crippen molar-refractivity contribution in [3.63, 3.8) is 0 Å². The summed E-state index contributed by atoms with van der Waals surface area (Å²) in [5.41, 5.74) is 6.09. The third kappa shape index (κ3) is 3.01. The van der Waals surface area contributed by atoms with E-state index in [1.165, 1.54) is 126 Å². The largest absolute Gasteiger partial charge is 0.370 e. The predicted octanol–water partition coefficient (Wildman–Crippen LogP) is 4.09. The molecule has 26 heavy (non-hydrogen) atoms. The van der Waals surface area contributed by atoms with Crippen LogP contribution in [0.4, 0.5) is 22.7 Å². The van der Waals surface area contributed by atoms with Gasteiger partial charge in [0.2, 0.25) is 0 Å². The molecule has 0 amide bonds. The summed E-state index contributed by atoms with van der Waals surface area (Å²) >= 11 is 0. The van der Waals surface area contributed by atoms with Crippen LogP contribution < -0.4 is 19.6 Å². The normalized spacial score (nSPS) is 23.7. The van der Waals surface area contributed by atoms with Crippen molar-refractivity contribution in [2.24, 2.45) is 0 Å². The second-order valence-electron chi connectivity index (χ2n) is 8.61. The molecular weight excluding hydrogens is 320 g/mol. The van der Waals surface area contributed by atoms with E-state index in [0.717, 1.165) is 0 Å². The minimum absolute atomic E-state index is 1.24. The Hall–Kier alpha value is -1.58. The van der Waals surface area contributed by atoms with Crippen LogP contribution in [0.1, 0.15) is 51.4 Å². The maximum absolute atomic E-state index is 2.67. The molecule has 4 saturated heterocycles. The molecule has 0 N–H and O–H groups in total. The molecule has 0 unspecified atom stereocenters. The first-order chi connectivity index (χ1) is 12.9. The quantitative estimate of drug-likeness (QED) is 0.807. The van der Waals surface area contributed by atoms with Crippen molar-refractivity contribution in [3.05, 3.63) is 12.1 Å². The summed E-state index contributed by atoms with van der Waals surface area (Å²) in [7, 11) is 0. The van der Waals surface area contributed by atoms with Crippen LogP contribution in [0.3, 0.4) is 0 Å². The lowest BCUT2D eigenvalue weighted by molar-refractivity contribution is 0.903. The van der Waals surface area contributed by atoms with E-state index in [2.05, 4.69) is 31.7 Å². The summed E-state index contributed by atoms with van der Waals surface area (Å²) in [6, 6.07) is 5.16. The van der Waals surface area contributed by atoms with Gasteiger partial charge in [0.25, 0.3) is 0 Å². The van der Waals surface area contributed by atoms with Crippen molar-refractivity contribution in [2.75, 3.05) is 72.0 Å². The van der Waals surface area contributed by atoms with E-state index in [1.54, 1.807) is 0 Å². The van der Waals surface area contributed by atoms with Gasteiger partial charge in [-0.15, -0.1) is 0 Å². The van der Waals surface area contributed by atoms with E-state index in [-0.39, 0.29) is 0 Å². The van der Waals surface area contributed by atoms with Crippen LogP contribution in [0.5, 0.6) is 0 Å². The average Bonchev–Trinajstić information content (AvgIpc) is 3.49. The average molecular weight is 355 g/mol. The fourth-order valence-corrected chi connectivity index (χ4v) is 5.40. The lowest BCUT2D eigenvalue weighted by atomic mass is 10.1. The molecule has 4 heterocycles. The zero-order valence-corrected chi connectivity index (χ0v) is 16.3. The first-order valence-electron chi connectivity index (χ1n) is 11.1. The fraction of sp³-hybridized carbons (Fsp3) is 0.727. The molecule has 4 aliphatic rings. The predicted molar refractivity (Wildman–Crippen MR) is 112 cm³/mol. The van der Waals surface area contributed by atoms with Crippen molar-refractivity contribution >= 4 is 22.7 Å². The SMILES string of the molecule is c1c(N2CCCC2)c(N2CCCC2)cc(N2CCCC2)c1N1CCCC1. The number of anilines is 4. The Balaban J connectivity index is 1.60. The Morgan fingerprint density at radius 3 is 0.731 bits per heavy atom. The van der Waals surface area contributed by atoms with E-state index >= 15 is 0 Å². The lowest BCUT2D eigenvalue weighted by Gasteiger charge is -2.33. The molecule has 142 valence electrons. The van der Waals surface area contributed by atoms with E-state index in [4.69, 9.17) is 0 Å². The first kappa shape index (κ1) is 16.6. The Kier molecular flexibility index (Phi) is 4.60. The van der Waals surface area contributed by atoms with E-state index in [9.17, 15) is 0 Å². The summed E-state index contributed by atoms with van der Waals surface area (Å²) in [6.45, 7) is 9.92. The van der Waals surface area contributed by atoms with Gasteiger partial charge in [0.05, 0.1) is 22.7 Å². The van der Waals surface area contributed by atoms with Gasteiger partial charge in [0, 0.05) is 52.4 Å².